The Labute approximate surface area is 173 Å². The Morgan fingerprint density at radius 3 is 2.10 bits per heavy atom. The second-order valence-corrected chi connectivity index (χ2v) is 8.50. The number of benzene rings is 1. The molecule has 2 heterocycles. The fraction of sp³-hybridized carbons (Fsp3) is 0.522. The van der Waals surface area contributed by atoms with Crippen LogP contribution in [0.25, 0.3) is 5.69 Å². The Morgan fingerprint density at radius 1 is 0.966 bits per heavy atom. The highest BCUT2D eigenvalue weighted by Gasteiger charge is 2.32. The number of amides is 2. The van der Waals surface area contributed by atoms with E-state index in [0.717, 1.165) is 28.2 Å². The minimum absolute atomic E-state index is 0.0273. The highest BCUT2D eigenvalue weighted by Crippen LogP contribution is 2.31. The molecule has 2 aromatic rings. The number of hydrogen-bond donors (Lipinski definition) is 0. The van der Waals surface area contributed by atoms with Gasteiger partial charge in [0.1, 0.15) is 0 Å². The summed E-state index contributed by atoms with van der Waals surface area (Å²) in [5.41, 5.74) is 4.67. The summed E-state index contributed by atoms with van der Waals surface area (Å²) < 4.78 is 1.95. The van der Waals surface area contributed by atoms with Gasteiger partial charge in [-0.3, -0.25) is 9.59 Å². The van der Waals surface area contributed by atoms with Gasteiger partial charge in [0.05, 0.1) is 22.6 Å². The smallest absolute Gasteiger partial charge is 0.257 e. The van der Waals surface area contributed by atoms with Gasteiger partial charge >= 0.3 is 0 Å². The zero-order valence-corrected chi connectivity index (χ0v) is 18.4. The Bertz CT molecular complexity index is 906. The van der Waals surface area contributed by atoms with Crippen LogP contribution in [0.4, 0.5) is 0 Å². The molecular weight excluding hydrogens is 364 g/mol. The summed E-state index contributed by atoms with van der Waals surface area (Å²) in [6, 6.07) is 8.22. The van der Waals surface area contributed by atoms with Gasteiger partial charge < -0.3 is 9.80 Å². The van der Waals surface area contributed by atoms with Crippen LogP contribution in [0.5, 0.6) is 0 Å². The molecule has 6 heteroatoms. The molecule has 1 aliphatic rings. The molecule has 156 valence electrons. The van der Waals surface area contributed by atoms with E-state index >= 15 is 0 Å². The first kappa shape index (κ1) is 21.1. The van der Waals surface area contributed by atoms with Gasteiger partial charge in [-0.1, -0.05) is 39.8 Å². The van der Waals surface area contributed by atoms with Crippen LogP contribution in [0.2, 0.25) is 0 Å². The first-order chi connectivity index (χ1) is 13.7. The van der Waals surface area contributed by atoms with Crippen molar-refractivity contribution in [2.45, 2.75) is 53.4 Å². The number of aryl methyl sites for hydroxylation is 1. The van der Waals surface area contributed by atoms with E-state index in [2.05, 4.69) is 46.8 Å². The Kier molecular flexibility index (Phi) is 6.10. The van der Waals surface area contributed by atoms with E-state index in [-0.39, 0.29) is 23.7 Å². The van der Waals surface area contributed by atoms with Crippen molar-refractivity contribution in [2.24, 2.45) is 0 Å². The highest BCUT2D eigenvalue weighted by atomic mass is 16.2. The van der Waals surface area contributed by atoms with E-state index < -0.39 is 0 Å². The molecule has 0 bridgehead atoms. The Morgan fingerprint density at radius 2 is 1.59 bits per heavy atom. The van der Waals surface area contributed by atoms with E-state index in [0.29, 0.717) is 26.2 Å². The highest BCUT2D eigenvalue weighted by molar-refractivity contribution is 5.97. The summed E-state index contributed by atoms with van der Waals surface area (Å²) in [6.07, 6.45) is 0. The molecular formula is C23H32N4O2. The van der Waals surface area contributed by atoms with Crippen molar-refractivity contribution in [1.82, 2.24) is 19.6 Å². The number of carbonyl (C=O) groups excluding carboxylic acids is 2. The molecule has 0 spiro atoms. The number of piperazine rings is 1. The maximum atomic E-state index is 13.6. The van der Waals surface area contributed by atoms with Crippen molar-refractivity contribution in [3.05, 3.63) is 46.8 Å². The molecule has 0 aliphatic carbocycles. The van der Waals surface area contributed by atoms with Crippen LogP contribution in [0.3, 0.4) is 0 Å². The van der Waals surface area contributed by atoms with Crippen LogP contribution in [0, 0.1) is 6.92 Å². The number of hydrogen-bond acceptors (Lipinski definition) is 3. The monoisotopic (exact) mass is 396 g/mol. The fourth-order valence-electron chi connectivity index (χ4n) is 3.94. The lowest BCUT2D eigenvalue weighted by molar-refractivity contribution is -0.130. The van der Waals surface area contributed by atoms with Crippen LogP contribution in [-0.4, -0.2) is 57.6 Å². The topological polar surface area (TPSA) is 58.4 Å². The predicted molar refractivity (Wildman–Crippen MR) is 115 cm³/mol. The van der Waals surface area contributed by atoms with Gasteiger partial charge in [-0.05, 0) is 36.5 Å². The van der Waals surface area contributed by atoms with E-state index in [1.54, 1.807) is 11.8 Å². The van der Waals surface area contributed by atoms with Crippen molar-refractivity contribution in [2.75, 3.05) is 26.2 Å². The SMILES string of the molecule is CC(=O)N1CCN(C(=O)c2c(C(C)C)nn(-c3cccc(C)c3)c2C(C)C)CC1. The normalized spacial score (nSPS) is 14.8. The van der Waals surface area contributed by atoms with Crippen LogP contribution in [0.15, 0.2) is 24.3 Å². The first-order valence-corrected chi connectivity index (χ1v) is 10.4. The largest absolute Gasteiger partial charge is 0.339 e. The molecule has 0 unspecified atom stereocenters. The standard InChI is InChI=1S/C23H32N4O2/c1-15(2)21-20(23(29)26-12-10-25(11-13-26)18(6)28)22(16(3)4)27(24-21)19-9-7-8-17(5)14-19/h7-9,14-16H,10-13H2,1-6H3. The predicted octanol–water partition coefficient (Wildman–Crippen LogP) is 3.73. The first-order valence-electron chi connectivity index (χ1n) is 10.4. The van der Waals surface area contributed by atoms with E-state index in [4.69, 9.17) is 5.10 Å². The molecule has 29 heavy (non-hydrogen) atoms. The number of carbonyl (C=O) groups is 2. The van der Waals surface area contributed by atoms with Gasteiger partial charge in [0, 0.05) is 33.1 Å². The lowest BCUT2D eigenvalue weighted by Gasteiger charge is -2.34. The minimum Gasteiger partial charge on any atom is -0.339 e. The van der Waals surface area contributed by atoms with Gasteiger partial charge in [-0.15, -0.1) is 0 Å². The van der Waals surface area contributed by atoms with E-state index in [9.17, 15) is 9.59 Å². The van der Waals surface area contributed by atoms with Crippen LogP contribution in [0.1, 0.15) is 73.8 Å². The molecule has 3 rings (SSSR count). The van der Waals surface area contributed by atoms with Crippen LogP contribution >= 0.6 is 0 Å². The molecule has 1 fully saturated rings. The van der Waals surface area contributed by atoms with Crippen LogP contribution < -0.4 is 0 Å². The van der Waals surface area contributed by atoms with Gasteiger partial charge in [-0.2, -0.15) is 5.10 Å². The zero-order chi connectivity index (χ0) is 21.3. The molecule has 0 atom stereocenters. The molecule has 1 saturated heterocycles. The molecule has 2 amide bonds. The molecule has 0 N–H and O–H groups in total. The van der Waals surface area contributed by atoms with Gasteiger partial charge in [0.2, 0.25) is 5.91 Å². The third-order valence-electron chi connectivity index (χ3n) is 5.51. The average molecular weight is 397 g/mol. The maximum Gasteiger partial charge on any atom is 0.257 e. The van der Waals surface area contributed by atoms with Gasteiger partial charge in [0.15, 0.2) is 0 Å². The molecule has 6 nitrogen and oxygen atoms in total. The fourth-order valence-corrected chi connectivity index (χ4v) is 3.94. The summed E-state index contributed by atoms with van der Waals surface area (Å²) in [5, 5.41) is 4.91. The van der Waals surface area contributed by atoms with Crippen molar-refractivity contribution in [3.63, 3.8) is 0 Å². The maximum absolute atomic E-state index is 13.6. The Balaban J connectivity index is 2.05. The minimum atomic E-state index is 0.0273. The van der Waals surface area contributed by atoms with Gasteiger partial charge in [-0.25, -0.2) is 4.68 Å². The Hall–Kier alpha value is -2.63. The number of rotatable bonds is 4. The van der Waals surface area contributed by atoms with E-state index in [1.165, 1.54) is 0 Å². The summed E-state index contributed by atoms with van der Waals surface area (Å²) >= 11 is 0. The van der Waals surface area contributed by atoms with Crippen molar-refractivity contribution < 1.29 is 9.59 Å². The third-order valence-corrected chi connectivity index (χ3v) is 5.51. The third kappa shape index (κ3) is 4.21. The number of aromatic nitrogens is 2. The van der Waals surface area contributed by atoms with Crippen molar-refractivity contribution in [3.8, 4) is 5.69 Å². The lowest BCUT2D eigenvalue weighted by atomic mass is 9.97. The van der Waals surface area contributed by atoms with Crippen molar-refractivity contribution >= 4 is 11.8 Å². The second kappa shape index (κ2) is 8.39. The quantitative estimate of drug-likeness (QED) is 0.791. The second-order valence-electron chi connectivity index (χ2n) is 8.50. The summed E-state index contributed by atoms with van der Waals surface area (Å²) in [5.74, 6) is 0.374. The summed E-state index contributed by atoms with van der Waals surface area (Å²) in [4.78, 5) is 28.9. The molecule has 1 aromatic carbocycles. The summed E-state index contributed by atoms with van der Waals surface area (Å²) in [6.45, 7) is 14.3. The molecule has 0 saturated carbocycles. The molecule has 1 aliphatic heterocycles. The summed E-state index contributed by atoms with van der Waals surface area (Å²) in [7, 11) is 0. The number of nitrogens with zero attached hydrogens (tertiary/aromatic N) is 4. The molecule has 0 radical (unpaired) electrons. The molecule has 1 aromatic heterocycles. The average Bonchev–Trinajstić information content (AvgIpc) is 3.08. The van der Waals surface area contributed by atoms with Crippen LogP contribution in [-0.2, 0) is 4.79 Å². The van der Waals surface area contributed by atoms with Gasteiger partial charge in [0.25, 0.3) is 5.91 Å². The van der Waals surface area contributed by atoms with Crippen molar-refractivity contribution in [1.29, 1.82) is 0 Å². The zero-order valence-electron chi connectivity index (χ0n) is 18.4. The lowest BCUT2D eigenvalue weighted by Crippen LogP contribution is -2.50. The van der Waals surface area contributed by atoms with E-state index in [1.807, 2.05) is 21.7 Å².